The summed E-state index contributed by atoms with van der Waals surface area (Å²) in [6.07, 6.45) is 19.1. The Labute approximate surface area is 147 Å². The number of H-pyrrole nitrogens is 1. The highest BCUT2D eigenvalue weighted by atomic mass is 16.5. The van der Waals surface area contributed by atoms with Crippen LogP contribution in [-0.2, 0) is 4.74 Å². The Bertz CT molecular complexity index is 745. The minimum atomic E-state index is 0.000523. The van der Waals surface area contributed by atoms with Crippen molar-refractivity contribution in [3.63, 3.8) is 0 Å². The number of aromatic amines is 1. The zero-order valence-electron chi connectivity index (χ0n) is 14.1. The van der Waals surface area contributed by atoms with Gasteiger partial charge in [-0.2, -0.15) is 5.10 Å². The minimum Gasteiger partial charge on any atom is -0.466 e. The lowest BCUT2D eigenvalue weighted by atomic mass is 10.0. The van der Waals surface area contributed by atoms with Gasteiger partial charge in [0.25, 0.3) is 0 Å². The van der Waals surface area contributed by atoms with Crippen LogP contribution < -0.4 is 0 Å². The first kappa shape index (κ1) is 15.7. The SMILES string of the molecule is O=C(N1C=COC(CC2=CC=CCC2)=C1)N1CCC(c2cn[nH]c2)C1. The average molecular weight is 338 g/mol. The van der Waals surface area contributed by atoms with Crippen LogP contribution in [0.5, 0.6) is 0 Å². The van der Waals surface area contributed by atoms with E-state index in [1.807, 2.05) is 23.5 Å². The second-order valence-electron chi connectivity index (χ2n) is 6.62. The quantitative estimate of drug-likeness (QED) is 0.915. The fraction of sp³-hybridized carbons (Fsp3) is 0.368. The molecule has 4 rings (SSSR count). The van der Waals surface area contributed by atoms with Crippen molar-refractivity contribution < 1.29 is 9.53 Å². The maximum atomic E-state index is 12.8. The van der Waals surface area contributed by atoms with Crippen LogP contribution in [0.25, 0.3) is 0 Å². The van der Waals surface area contributed by atoms with Crippen molar-refractivity contribution in [2.75, 3.05) is 13.1 Å². The Morgan fingerprint density at radius 3 is 3.20 bits per heavy atom. The van der Waals surface area contributed by atoms with Gasteiger partial charge in [0.1, 0.15) is 12.0 Å². The van der Waals surface area contributed by atoms with Crippen molar-refractivity contribution in [2.45, 2.75) is 31.6 Å². The average Bonchev–Trinajstić information content (AvgIpc) is 3.34. The molecule has 3 aliphatic rings. The van der Waals surface area contributed by atoms with E-state index in [0.29, 0.717) is 5.92 Å². The van der Waals surface area contributed by atoms with Gasteiger partial charge in [0.2, 0.25) is 0 Å². The largest absolute Gasteiger partial charge is 0.466 e. The van der Waals surface area contributed by atoms with Crippen molar-refractivity contribution in [3.05, 3.63) is 66.2 Å². The summed E-state index contributed by atoms with van der Waals surface area (Å²) in [4.78, 5) is 16.3. The highest BCUT2D eigenvalue weighted by Gasteiger charge is 2.30. The molecule has 1 atom stereocenters. The number of hydrogen-bond acceptors (Lipinski definition) is 3. The van der Waals surface area contributed by atoms with E-state index in [-0.39, 0.29) is 6.03 Å². The molecular weight excluding hydrogens is 316 g/mol. The fourth-order valence-corrected chi connectivity index (χ4v) is 3.50. The summed E-state index contributed by atoms with van der Waals surface area (Å²) < 4.78 is 5.59. The zero-order chi connectivity index (χ0) is 17.1. The van der Waals surface area contributed by atoms with Crippen LogP contribution in [-0.4, -0.2) is 39.1 Å². The molecule has 1 aromatic rings. The maximum Gasteiger partial charge on any atom is 0.328 e. The summed E-state index contributed by atoms with van der Waals surface area (Å²) in [5, 5.41) is 6.85. The molecule has 0 bridgehead atoms. The van der Waals surface area contributed by atoms with E-state index in [2.05, 4.69) is 28.4 Å². The van der Waals surface area contributed by atoms with Crippen molar-refractivity contribution in [1.29, 1.82) is 0 Å². The molecule has 3 heterocycles. The number of nitrogens with zero attached hydrogens (tertiary/aromatic N) is 3. The van der Waals surface area contributed by atoms with Gasteiger partial charge in [-0.1, -0.05) is 23.8 Å². The molecule has 1 aliphatic carbocycles. The molecule has 2 aliphatic heterocycles. The van der Waals surface area contributed by atoms with Gasteiger partial charge in [0.15, 0.2) is 0 Å². The molecule has 1 unspecified atom stereocenters. The number of nitrogens with one attached hydrogen (secondary N) is 1. The maximum absolute atomic E-state index is 12.8. The van der Waals surface area contributed by atoms with E-state index >= 15 is 0 Å². The molecule has 25 heavy (non-hydrogen) atoms. The molecule has 0 spiro atoms. The number of allylic oxidation sites excluding steroid dienone is 4. The first-order valence-electron chi connectivity index (χ1n) is 8.74. The number of hydrogen-bond donors (Lipinski definition) is 1. The van der Waals surface area contributed by atoms with Crippen LogP contribution in [0.2, 0.25) is 0 Å². The first-order chi connectivity index (χ1) is 12.3. The summed E-state index contributed by atoms with van der Waals surface area (Å²) in [7, 11) is 0. The predicted octanol–water partition coefficient (Wildman–Crippen LogP) is 3.63. The smallest absolute Gasteiger partial charge is 0.328 e. The number of urea groups is 1. The molecule has 0 saturated carbocycles. The Morgan fingerprint density at radius 1 is 1.44 bits per heavy atom. The van der Waals surface area contributed by atoms with E-state index < -0.39 is 0 Å². The number of rotatable bonds is 3. The summed E-state index contributed by atoms with van der Waals surface area (Å²) >= 11 is 0. The van der Waals surface area contributed by atoms with E-state index in [1.54, 1.807) is 17.4 Å². The summed E-state index contributed by atoms with van der Waals surface area (Å²) in [6, 6.07) is 0.000523. The van der Waals surface area contributed by atoms with Gasteiger partial charge in [-0.25, -0.2) is 4.79 Å². The number of aromatic nitrogens is 2. The van der Waals surface area contributed by atoms with Gasteiger partial charge in [-0.05, 0) is 24.8 Å². The molecule has 1 saturated heterocycles. The zero-order valence-corrected chi connectivity index (χ0v) is 14.1. The lowest BCUT2D eigenvalue weighted by Crippen LogP contribution is -2.37. The second kappa shape index (κ2) is 7.01. The highest BCUT2D eigenvalue weighted by molar-refractivity contribution is 5.77. The molecule has 130 valence electrons. The number of carbonyl (C=O) groups excluding carboxylic acids is 1. The third kappa shape index (κ3) is 3.52. The Hall–Kier alpha value is -2.76. The van der Waals surface area contributed by atoms with E-state index in [4.69, 9.17) is 4.74 Å². The topological polar surface area (TPSA) is 61.5 Å². The molecule has 0 aromatic carbocycles. The summed E-state index contributed by atoms with van der Waals surface area (Å²) in [5.41, 5.74) is 2.50. The third-order valence-electron chi connectivity index (χ3n) is 4.90. The van der Waals surface area contributed by atoms with Crippen LogP contribution in [0.1, 0.15) is 37.2 Å². The van der Waals surface area contributed by atoms with Gasteiger partial charge in [0, 0.05) is 37.8 Å². The van der Waals surface area contributed by atoms with Crippen molar-refractivity contribution >= 4 is 6.03 Å². The van der Waals surface area contributed by atoms with Crippen molar-refractivity contribution in [1.82, 2.24) is 20.0 Å². The standard InChI is InChI=1S/C19H22N4O2/c24-19(22-7-6-16(13-22)17-11-20-21-12-17)23-8-9-25-18(14-23)10-15-4-2-1-3-5-15/h1-2,4,8-9,11-12,14,16H,3,5-7,10,13H2,(H,20,21). The lowest BCUT2D eigenvalue weighted by molar-refractivity contribution is 0.184. The first-order valence-corrected chi connectivity index (χ1v) is 8.74. The monoisotopic (exact) mass is 338 g/mol. The Balaban J connectivity index is 1.39. The normalized spacial score (nSPS) is 22.6. The van der Waals surface area contributed by atoms with Crippen LogP contribution in [0.4, 0.5) is 4.79 Å². The van der Waals surface area contributed by atoms with Crippen LogP contribution in [0.15, 0.2) is 60.6 Å². The van der Waals surface area contributed by atoms with Gasteiger partial charge < -0.3 is 9.64 Å². The predicted molar refractivity (Wildman–Crippen MR) is 94.1 cm³/mol. The molecule has 1 fully saturated rings. The molecule has 6 nitrogen and oxygen atoms in total. The van der Waals surface area contributed by atoms with E-state index in [1.165, 1.54) is 11.1 Å². The highest BCUT2D eigenvalue weighted by Crippen LogP contribution is 2.28. The molecular formula is C19H22N4O2. The summed E-state index contributed by atoms with van der Waals surface area (Å²) in [6.45, 7) is 1.49. The molecule has 0 radical (unpaired) electrons. The van der Waals surface area contributed by atoms with Gasteiger partial charge in [-0.15, -0.1) is 0 Å². The van der Waals surface area contributed by atoms with Crippen molar-refractivity contribution in [3.8, 4) is 0 Å². The molecule has 1 N–H and O–H groups in total. The fourth-order valence-electron chi connectivity index (χ4n) is 3.50. The molecule has 1 aromatic heterocycles. The molecule has 6 heteroatoms. The number of carbonyl (C=O) groups is 1. The number of amides is 2. The number of ether oxygens (including phenoxy) is 1. The van der Waals surface area contributed by atoms with E-state index in [9.17, 15) is 4.79 Å². The molecule has 2 amide bonds. The second-order valence-corrected chi connectivity index (χ2v) is 6.62. The Kier molecular flexibility index (Phi) is 4.41. The van der Waals surface area contributed by atoms with Crippen LogP contribution >= 0.6 is 0 Å². The number of likely N-dealkylation sites (tertiary alicyclic amines) is 1. The van der Waals surface area contributed by atoms with Crippen molar-refractivity contribution in [2.24, 2.45) is 0 Å². The Morgan fingerprint density at radius 2 is 2.40 bits per heavy atom. The van der Waals surface area contributed by atoms with Crippen LogP contribution in [0, 0.1) is 0 Å². The third-order valence-corrected chi connectivity index (χ3v) is 4.90. The lowest BCUT2D eigenvalue weighted by Gasteiger charge is -2.25. The van der Waals surface area contributed by atoms with Gasteiger partial charge in [0.05, 0.1) is 12.4 Å². The summed E-state index contributed by atoms with van der Waals surface area (Å²) in [5.74, 6) is 1.17. The van der Waals surface area contributed by atoms with E-state index in [0.717, 1.165) is 44.5 Å². The van der Waals surface area contributed by atoms with Gasteiger partial charge in [-0.3, -0.25) is 10.00 Å². The minimum absolute atomic E-state index is 0.000523. The van der Waals surface area contributed by atoms with Gasteiger partial charge >= 0.3 is 6.03 Å². The van der Waals surface area contributed by atoms with Crippen LogP contribution in [0.3, 0.4) is 0 Å².